The van der Waals surface area contributed by atoms with E-state index in [9.17, 15) is 18.0 Å². The molecule has 2 aromatic rings. The van der Waals surface area contributed by atoms with Crippen LogP contribution in [0.2, 0.25) is 0 Å². The van der Waals surface area contributed by atoms with Crippen molar-refractivity contribution in [2.75, 3.05) is 13.1 Å². The normalized spacial score (nSPS) is 16.9. The SMILES string of the molecule is O=C(Oc1cn(C2CCNCC2)c2ccccc12)C(F)(F)F. The number of rotatable bonds is 2. The average molecular weight is 312 g/mol. The molecule has 3 rings (SSSR count). The molecule has 0 saturated carbocycles. The number of piperidine rings is 1. The maximum absolute atomic E-state index is 12.4. The molecule has 0 amide bonds. The van der Waals surface area contributed by atoms with Crippen molar-refractivity contribution in [2.24, 2.45) is 0 Å². The number of benzene rings is 1. The van der Waals surface area contributed by atoms with Gasteiger partial charge in [-0.2, -0.15) is 13.2 Å². The summed E-state index contributed by atoms with van der Waals surface area (Å²) in [5, 5.41) is 3.76. The number of para-hydroxylation sites is 1. The lowest BCUT2D eigenvalue weighted by molar-refractivity contribution is -0.189. The Morgan fingerprint density at radius 1 is 1.23 bits per heavy atom. The largest absolute Gasteiger partial charge is 0.491 e. The number of halogens is 3. The number of hydrogen-bond acceptors (Lipinski definition) is 3. The van der Waals surface area contributed by atoms with Gasteiger partial charge >= 0.3 is 12.1 Å². The van der Waals surface area contributed by atoms with E-state index in [1.807, 2.05) is 16.7 Å². The van der Waals surface area contributed by atoms with Gasteiger partial charge in [0.1, 0.15) is 0 Å². The van der Waals surface area contributed by atoms with Crippen LogP contribution in [0.25, 0.3) is 10.9 Å². The summed E-state index contributed by atoms with van der Waals surface area (Å²) in [6.07, 6.45) is -1.74. The second-order valence-electron chi connectivity index (χ2n) is 5.29. The first-order valence-electron chi connectivity index (χ1n) is 7.06. The summed E-state index contributed by atoms with van der Waals surface area (Å²) in [4.78, 5) is 11.1. The Morgan fingerprint density at radius 2 is 1.91 bits per heavy atom. The van der Waals surface area contributed by atoms with Crippen LogP contribution in [0.15, 0.2) is 30.5 Å². The fourth-order valence-electron chi connectivity index (χ4n) is 2.80. The van der Waals surface area contributed by atoms with Crippen molar-refractivity contribution < 1.29 is 22.7 Å². The van der Waals surface area contributed by atoms with Crippen LogP contribution in [0.3, 0.4) is 0 Å². The number of hydrogen-bond donors (Lipinski definition) is 1. The van der Waals surface area contributed by atoms with E-state index in [-0.39, 0.29) is 11.8 Å². The van der Waals surface area contributed by atoms with Crippen LogP contribution in [0.5, 0.6) is 5.75 Å². The first kappa shape index (κ1) is 14.9. The van der Waals surface area contributed by atoms with E-state index in [0.717, 1.165) is 31.4 Å². The van der Waals surface area contributed by atoms with Crippen molar-refractivity contribution in [1.82, 2.24) is 9.88 Å². The van der Waals surface area contributed by atoms with Gasteiger partial charge < -0.3 is 14.6 Å². The lowest BCUT2D eigenvalue weighted by atomic mass is 10.1. The quantitative estimate of drug-likeness (QED) is 0.867. The molecular weight excluding hydrogens is 297 g/mol. The summed E-state index contributed by atoms with van der Waals surface area (Å²) in [6.45, 7) is 1.71. The minimum absolute atomic E-state index is 0.0449. The van der Waals surface area contributed by atoms with Crippen LogP contribution in [-0.2, 0) is 4.79 Å². The lowest BCUT2D eigenvalue weighted by Crippen LogP contribution is -2.29. The number of carbonyl (C=O) groups excluding carboxylic acids is 1. The fourth-order valence-corrected chi connectivity index (χ4v) is 2.80. The van der Waals surface area contributed by atoms with Gasteiger partial charge in [-0.05, 0) is 38.1 Å². The van der Waals surface area contributed by atoms with Crippen molar-refractivity contribution in [3.63, 3.8) is 0 Å². The molecule has 118 valence electrons. The van der Waals surface area contributed by atoms with E-state index in [4.69, 9.17) is 0 Å². The number of alkyl halides is 3. The first-order valence-corrected chi connectivity index (χ1v) is 7.06. The average Bonchev–Trinajstić information content (AvgIpc) is 2.86. The van der Waals surface area contributed by atoms with Gasteiger partial charge in [0.25, 0.3) is 0 Å². The van der Waals surface area contributed by atoms with E-state index in [1.54, 1.807) is 12.1 Å². The molecule has 1 aliphatic heterocycles. The van der Waals surface area contributed by atoms with Gasteiger partial charge in [-0.1, -0.05) is 12.1 Å². The van der Waals surface area contributed by atoms with Crippen LogP contribution in [0.4, 0.5) is 13.2 Å². The monoisotopic (exact) mass is 312 g/mol. The molecule has 1 aliphatic rings. The van der Waals surface area contributed by atoms with Gasteiger partial charge in [-0.3, -0.25) is 0 Å². The Morgan fingerprint density at radius 3 is 2.59 bits per heavy atom. The maximum Gasteiger partial charge on any atom is 0.491 e. The Labute approximate surface area is 124 Å². The number of aromatic nitrogens is 1. The van der Waals surface area contributed by atoms with E-state index in [0.29, 0.717) is 5.39 Å². The van der Waals surface area contributed by atoms with Crippen molar-refractivity contribution >= 4 is 16.9 Å². The van der Waals surface area contributed by atoms with Crippen LogP contribution in [0, 0.1) is 0 Å². The van der Waals surface area contributed by atoms with Crippen LogP contribution in [0.1, 0.15) is 18.9 Å². The van der Waals surface area contributed by atoms with Gasteiger partial charge in [0, 0.05) is 17.6 Å². The molecule has 0 bridgehead atoms. The summed E-state index contributed by atoms with van der Waals surface area (Å²) >= 11 is 0. The standard InChI is InChI=1S/C15H15F3N2O2/c16-15(17,18)14(21)22-13-9-20(10-5-7-19-8-6-10)12-4-2-1-3-11(12)13/h1-4,9-10,19H,5-8H2. The minimum atomic E-state index is -5.00. The smallest absolute Gasteiger partial charge is 0.418 e. The topological polar surface area (TPSA) is 43.3 Å². The highest BCUT2D eigenvalue weighted by Crippen LogP contribution is 2.34. The molecule has 0 radical (unpaired) electrons. The van der Waals surface area contributed by atoms with E-state index >= 15 is 0 Å². The summed E-state index contributed by atoms with van der Waals surface area (Å²) in [7, 11) is 0. The van der Waals surface area contributed by atoms with E-state index in [2.05, 4.69) is 10.1 Å². The highest BCUT2D eigenvalue weighted by molar-refractivity contribution is 5.90. The summed E-state index contributed by atoms with van der Waals surface area (Å²) < 4.78 is 43.7. The van der Waals surface area contributed by atoms with Crippen LogP contribution >= 0.6 is 0 Å². The lowest BCUT2D eigenvalue weighted by Gasteiger charge is -2.24. The van der Waals surface area contributed by atoms with E-state index in [1.165, 1.54) is 6.20 Å². The molecule has 0 atom stereocenters. The number of esters is 1. The zero-order valence-corrected chi connectivity index (χ0v) is 11.7. The number of carbonyl (C=O) groups is 1. The second kappa shape index (κ2) is 5.64. The maximum atomic E-state index is 12.4. The Hall–Kier alpha value is -2.02. The number of fused-ring (bicyclic) bond motifs is 1. The molecule has 4 nitrogen and oxygen atoms in total. The Kier molecular flexibility index (Phi) is 3.82. The molecule has 0 aliphatic carbocycles. The molecule has 1 fully saturated rings. The van der Waals surface area contributed by atoms with Crippen molar-refractivity contribution in [1.29, 1.82) is 0 Å². The van der Waals surface area contributed by atoms with Crippen LogP contribution < -0.4 is 10.1 Å². The van der Waals surface area contributed by atoms with Crippen molar-refractivity contribution in [2.45, 2.75) is 25.1 Å². The molecule has 2 heterocycles. The van der Waals surface area contributed by atoms with E-state index < -0.39 is 12.1 Å². The third-order valence-electron chi connectivity index (χ3n) is 3.84. The van der Waals surface area contributed by atoms with Gasteiger partial charge in [-0.25, -0.2) is 4.79 Å². The third-order valence-corrected chi connectivity index (χ3v) is 3.84. The highest BCUT2D eigenvalue weighted by Gasteiger charge is 2.41. The molecule has 7 heteroatoms. The van der Waals surface area contributed by atoms with Gasteiger partial charge in [0.15, 0.2) is 5.75 Å². The fraction of sp³-hybridized carbons (Fsp3) is 0.400. The Bertz CT molecular complexity index is 688. The minimum Gasteiger partial charge on any atom is -0.418 e. The molecular formula is C15H15F3N2O2. The molecule has 1 N–H and O–H groups in total. The number of nitrogens with one attached hydrogen (secondary N) is 1. The predicted molar refractivity (Wildman–Crippen MR) is 74.8 cm³/mol. The second-order valence-corrected chi connectivity index (χ2v) is 5.29. The van der Waals surface area contributed by atoms with Gasteiger partial charge in [-0.15, -0.1) is 0 Å². The number of ether oxygens (including phenoxy) is 1. The Balaban J connectivity index is 1.98. The van der Waals surface area contributed by atoms with Crippen LogP contribution in [-0.4, -0.2) is 29.8 Å². The molecule has 0 spiro atoms. The first-order chi connectivity index (χ1) is 10.5. The zero-order valence-electron chi connectivity index (χ0n) is 11.7. The molecule has 22 heavy (non-hydrogen) atoms. The summed E-state index contributed by atoms with van der Waals surface area (Å²) in [6, 6.07) is 7.19. The number of nitrogens with zero attached hydrogens (tertiary/aromatic N) is 1. The molecule has 1 aromatic carbocycles. The van der Waals surface area contributed by atoms with Crippen molar-refractivity contribution in [3.8, 4) is 5.75 Å². The summed E-state index contributed by atoms with van der Waals surface area (Å²) in [5.74, 6) is -2.24. The predicted octanol–water partition coefficient (Wildman–Crippen LogP) is 3.03. The summed E-state index contributed by atoms with van der Waals surface area (Å²) in [5.41, 5.74) is 0.777. The van der Waals surface area contributed by atoms with Gasteiger partial charge in [0.2, 0.25) is 0 Å². The zero-order chi connectivity index (χ0) is 15.7. The van der Waals surface area contributed by atoms with Gasteiger partial charge in [0.05, 0.1) is 5.52 Å². The third kappa shape index (κ3) is 2.81. The molecule has 1 aromatic heterocycles. The molecule has 1 saturated heterocycles. The molecule has 0 unspecified atom stereocenters. The van der Waals surface area contributed by atoms with Crippen molar-refractivity contribution in [3.05, 3.63) is 30.5 Å². The highest BCUT2D eigenvalue weighted by atomic mass is 19.4.